The van der Waals surface area contributed by atoms with Gasteiger partial charge in [-0.3, -0.25) is 14.5 Å². The number of thiazole rings is 1. The Morgan fingerprint density at radius 2 is 1.23 bits per heavy atom. The maximum absolute atomic E-state index is 15.3. The monoisotopic (exact) mass is 1040 g/mol. The van der Waals surface area contributed by atoms with Crippen molar-refractivity contribution in [2.24, 2.45) is 5.16 Å². The molecule has 10 rings (SSSR count). The zero-order valence-corrected chi connectivity index (χ0v) is 43.5. The maximum Gasteiger partial charge on any atom is 0.276 e. The minimum Gasteiger partial charge on any atom is -0.497 e. The lowest BCUT2D eigenvalue weighted by atomic mass is 9.77. The summed E-state index contributed by atoms with van der Waals surface area (Å²) in [5, 5.41) is 13.8. The summed E-state index contributed by atoms with van der Waals surface area (Å²) in [5.74, 6) is 6.36. The number of ether oxygens (including phenoxy) is 2. The molecule has 2 aliphatic heterocycles. The van der Waals surface area contributed by atoms with Crippen LogP contribution in [0, 0.1) is 11.8 Å². The number of thiocarbonyl (C=S) groups is 1. The number of oxime groups is 1. The molecular formula is C62H51N5O5S3. The van der Waals surface area contributed by atoms with Crippen molar-refractivity contribution < 1.29 is 23.9 Å². The molecule has 0 spiro atoms. The summed E-state index contributed by atoms with van der Waals surface area (Å²) in [7, 11) is 1.61. The number of rotatable bonds is 18. The molecule has 2 amide bonds. The molecule has 0 unspecified atom stereocenters. The molecule has 372 valence electrons. The minimum atomic E-state index is -1.34. The molecule has 0 aliphatic carbocycles. The van der Waals surface area contributed by atoms with Crippen molar-refractivity contribution in [1.29, 1.82) is 0 Å². The Balaban J connectivity index is 1.04. The summed E-state index contributed by atoms with van der Waals surface area (Å²) in [4.78, 5) is 43.7. The Morgan fingerprint density at radius 1 is 0.733 bits per heavy atom. The van der Waals surface area contributed by atoms with Crippen LogP contribution >= 0.6 is 35.3 Å². The lowest BCUT2D eigenvalue weighted by Crippen LogP contribution is -2.71. The van der Waals surface area contributed by atoms with Gasteiger partial charge in [0.25, 0.3) is 11.8 Å². The topological polar surface area (TPSA) is 114 Å². The third-order valence-electron chi connectivity index (χ3n) is 13.2. The van der Waals surface area contributed by atoms with Crippen LogP contribution in [0.3, 0.4) is 0 Å². The summed E-state index contributed by atoms with van der Waals surface area (Å²) >= 11 is 8.79. The average Bonchev–Trinajstić information content (AvgIpc) is 3.96. The first-order chi connectivity index (χ1) is 36.8. The SMILES string of the molecule is CC#CCC1=C(C(=S)OCc2ccc(OC)cc2)N2C(=O)[C@@H](NC(=O)/C(=N\OC(c3ccccc3)(c3ccccc3)c3ccccc3)c3csc(NC(c4ccccc4)(c4ccccc4)c4ccccc4)n3)[C@H]2SC1. The number of benzene rings is 7. The zero-order chi connectivity index (χ0) is 51.6. The number of hydrogen-bond donors (Lipinski definition) is 2. The number of nitrogens with zero attached hydrogens (tertiary/aromatic N) is 3. The quantitative estimate of drug-likeness (QED) is 0.0217. The molecule has 1 aromatic heterocycles. The number of fused-ring (bicyclic) bond motifs is 1. The molecule has 0 bridgehead atoms. The summed E-state index contributed by atoms with van der Waals surface area (Å²) in [5.41, 5.74) is 5.40. The molecule has 1 fully saturated rings. The van der Waals surface area contributed by atoms with Gasteiger partial charge in [-0.15, -0.1) is 29.0 Å². The van der Waals surface area contributed by atoms with Crippen LogP contribution in [0.5, 0.6) is 5.75 Å². The van der Waals surface area contributed by atoms with Crippen LogP contribution in [0.4, 0.5) is 5.13 Å². The van der Waals surface area contributed by atoms with Gasteiger partial charge in [0, 0.05) is 34.2 Å². The highest BCUT2D eigenvalue weighted by Crippen LogP contribution is 2.44. The fraction of sp³-hybridized carbons (Fsp3) is 0.145. The third kappa shape index (κ3) is 10.2. The summed E-state index contributed by atoms with van der Waals surface area (Å²) < 4.78 is 11.5. The molecule has 7 aromatic carbocycles. The van der Waals surface area contributed by atoms with Gasteiger partial charge in [0.15, 0.2) is 10.8 Å². The zero-order valence-electron chi connectivity index (χ0n) is 41.1. The van der Waals surface area contributed by atoms with Gasteiger partial charge >= 0.3 is 0 Å². The van der Waals surface area contributed by atoms with E-state index in [1.165, 1.54) is 23.1 Å². The van der Waals surface area contributed by atoms with Gasteiger partial charge in [0.05, 0.1) is 12.8 Å². The highest BCUT2D eigenvalue weighted by molar-refractivity contribution is 8.00. The number of nitrogens with one attached hydrogen (secondary N) is 2. The molecule has 3 heterocycles. The first kappa shape index (κ1) is 50.3. The van der Waals surface area contributed by atoms with E-state index in [0.29, 0.717) is 23.0 Å². The van der Waals surface area contributed by atoms with Gasteiger partial charge < -0.3 is 24.9 Å². The fourth-order valence-corrected chi connectivity index (χ4v) is 11.9. The summed E-state index contributed by atoms with van der Waals surface area (Å²) in [6.07, 6.45) is 0.402. The number of methoxy groups -OCH3 is 1. The van der Waals surface area contributed by atoms with Crippen molar-refractivity contribution in [1.82, 2.24) is 15.2 Å². The van der Waals surface area contributed by atoms with Crippen LogP contribution in [0.25, 0.3) is 0 Å². The fourth-order valence-electron chi connectivity index (χ4n) is 9.53. The van der Waals surface area contributed by atoms with E-state index >= 15 is 4.79 Å². The molecule has 2 aliphatic rings. The number of aromatic nitrogens is 1. The smallest absolute Gasteiger partial charge is 0.276 e. The van der Waals surface area contributed by atoms with Gasteiger partial charge in [-0.2, -0.15) is 0 Å². The molecule has 0 saturated carbocycles. The van der Waals surface area contributed by atoms with Crippen LogP contribution in [-0.2, 0) is 36.9 Å². The molecule has 13 heteroatoms. The Hall–Kier alpha value is -8.28. The van der Waals surface area contributed by atoms with Gasteiger partial charge in [-0.05, 0) is 59.1 Å². The Kier molecular flexibility index (Phi) is 15.3. The molecule has 0 radical (unpaired) electrons. The number of β-lactam (4-membered cyclic amide) rings is 1. The van der Waals surface area contributed by atoms with Crippen LogP contribution in [0.2, 0.25) is 0 Å². The molecule has 1 saturated heterocycles. The van der Waals surface area contributed by atoms with E-state index in [1.54, 1.807) is 24.3 Å². The van der Waals surface area contributed by atoms with Crippen molar-refractivity contribution in [3.05, 3.63) is 268 Å². The van der Waals surface area contributed by atoms with E-state index in [4.69, 9.17) is 36.7 Å². The summed E-state index contributed by atoms with van der Waals surface area (Å²) in [6.45, 7) is 1.96. The van der Waals surface area contributed by atoms with Gasteiger partial charge in [-0.1, -0.05) is 205 Å². The van der Waals surface area contributed by atoms with E-state index in [0.717, 1.165) is 50.3 Å². The molecule has 10 nitrogen and oxygen atoms in total. The number of carbonyl (C=O) groups excluding carboxylic acids is 2. The predicted molar refractivity (Wildman–Crippen MR) is 302 cm³/mol. The second kappa shape index (κ2) is 22.9. The second-order valence-corrected chi connectivity index (χ2v) is 20.0. The number of thioether (sulfide) groups is 1. The van der Waals surface area contributed by atoms with E-state index in [1.807, 2.05) is 170 Å². The van der Waals surface area contributed by atoms with Crippen molar-refractivity contribution in [3.63, 3.8) is 0 Å². The molecular weight excluding hydrogens is 991 g/mol. The standard InChI is InChI=1S/C62H51N5O5S3/c1-3-4-23-44-41-74-58-54(57(69)67(58)55(44)59(73)71-40-43-36-38-51(70-2)39-37-43)64-56(68)53(66-72-62(48-30-17-8-18-31-48,49-32-19-9-20-33-49)50-34-21-10-22-35-50)52-42-75-60(63-52)65-61(45-24-11-5-12-25-45,46-26-13-6-14-27-46)47-28-15-7-16-29-47/h5-22,24-39,42,54,58H,23,40-41H2,1-2H3,(H,63,65)(H,64,68)/b66-53-/t54-,58-/m1/s1. The molecule has 2 N–H and O–H groups in total. The van der Waals surface area contributed by atoms with E-state index in [9.17, 15) is 4.79 Å². The third-order valence-corrected chi connectivity index (χ3v) is 15.6. The molecule has 2 atom stereocenters. The van der Waals surface area contributed by atoms with Crippen LogP contribution in [0.1, 0.15) is 58.0 Å². The second-order valence-electron chi connectivity index (χ2n) is 17.7. The largest absolute Gasteiger partial charge is 0.497 e. The van der Waals surface area contributed by atoms with Crippen LogP contribution < -0.4 is 15.4 Å². The number of hydrogen-bond acceptors (Lipinski definition) is 11. The Labute approximate surface area is 450 Å². The Morgan fingerprint density at radius 3 is 1.71 bits per heavy atom. The minimum absolute atomic E-state index is 0.128. The number of amides is 2. The van der Waals surface area contributed by atoms with Gasteiger partial charge in [0.2, 0.25) is 10.7 Å². The first-order valence-corrected chi connectivity index (χ1v) is 26.7. The highest BCUT2D eigenvalue weighted by Gasteiger charge is 2.54. The number of anilines is 1. The first-order valence-electron chi connectivity index (χ1n) is 24.3. The van der Waals surface area contributed by atoms with E-state index in [2.05, 4.69) is 58.9 Å². The van der Waals surface area contributed by atoms with E-state index < -0.39 is 28.5 Å². The van der Waals surface area contributed by atoms with Gasteiger partial charge in [0.1, 0.15) is 35.0 Å². The Bertz CT molecular complexity index is 3210. The summed E-state index contributed by atoms with van der Waals surface area (Å²) in [6, 6.07) is 66.6. The van der Waals surface area contributed by atoms with Crippen LogP contribution in [-0.4, -0.2) is 56.7 Å². The van der Waals surface area contributed by atoms with Gasteiger partial charge in [-0.25, -0.2) is 4.98 Å². The van der Waals surface area contributed by atoms with E-state index in [-0.39, 0.29) is 29.0 Å². The average molecular weight is 1040 g/mol. The lowest BCUT2D eigenvalue weighted by molar-refractivity contribution is -0.144. The highest BCUT2D eigenvalue weighted by atomic mass is 32.2. The molecule has 8 aromatic rings. The maximum atomic E-state index is 15.3. The molecule has 75 heavy (non-hydrogen) atoms. The predicted octanol–water partition coefficient (Wildman–Crippen LogP) is 11.9. The number of carbonyl (C=O) groups is 2. The lowest BCUT2D eigenvalue weighted by Gasteiger charge is -2.50. The van der Waals surface area contributed by atoms with Crippen molar-refractivity contribution in [2.45, 2.75) is 42.5 Å². The normalized spacial score (nSPS) is 15.4. The van der Waals surface area contributed by atoms with Crippen molar-refractivity contribution in [3.8, 4) is 17.6 Å². The van der Waals surface area contributed by atoms with Crippen molar-refractivity contribution in [2.75, 3.05) is 18.2 Å². The van der Waals surface area contributed by atoms with Crippen LogP contribution in [0.15, 0.2) is 228 Å². The van der Waals surface area contributed by atoms with Crippen molar-refractivity contribution >= 4 is 63.0 Å².